The van der Waals surface area contributed by atoms with Crippen molar-refractivity contribution in [2.75, 3.05) is 19.7 Å². The Labute approximate surface area is 128 Å². The molecule has 0 bridgehead atoms. The van der Waals surface area contributed by atoms with Gasteiger partial charge in [0, 0.05) is 24.5 Å². The van der Waals surface area contributed by atoms with Crippen molar-refractivity contribution >= 4 is 23.5 Å². The molecular weight excluding hydrogens is 294 g/mol. The number of carbonyl (C=O) groups excluding carboxylic acids is 1. The Kier molecular flexibility index (Phi) is 5.44. The second-order valence-corrected chi connectivity index (χ2v) is 5.61. The molecule has 1 aromatic carbocycles. The third-order valence-corrected chi connectivity index (χ3v) is 3.83. The lowest BCUT2D eigenvalue weighted by Crippen LogP contribution is -2.33. The van der Waals surface area contributed by atoms with E-state index < -0.39 is 5.97 Å². The van der Waals surface area contributed by atoms with E-state index in [0.717, 1.165) is 6.42 Å². The fourth-order valence-corrected chi connectivity index (χ4v) is 2.52. The number of halogens is 1. The minimum absolute atomic E-state index is 0.00666. The van der Waals surface area contributed by atoms with E-state index in [9.17, 15) is 9.59 Å². The molecule has 0 spiro atoms. The van der Waals surface area contributed by atoms with Crippen LogP contribution in [0.4, 0.5) is 0 Å². The molecule has 1 heterocycles. The molecular formula is C15H18ClNO4. The van der Waals surface area contributed by atoms with Crippen molar-refractivity contribution in [2.45, 2.75) is 19.3 Å². The van der Waals surface area contributed by atoms with Crippen LogP contribution < -0.4 is 4.74 Å². The molecule has 1 amide bonds. The predicted molar refractivity (Wildman–Crippen MR) is 78.5 cm³/mol. The number of rotatable bonds is 6. The first-order valence-corrected chi connectivity index (χ1v) is 7.30. The van der Waals surface area contributed by atoms with E-state index in [1.54, 1.807) is 29.2 Å². The van der Waals surface area contributed by atoms with Crippen LogP contribution >= 0.6 is 11.6 Å². The molecule has 0 radical (unpaired) electrons. The molecule has 6 heteroatoms. The summed E-state index contributed by atoms with van der Waals surface area (Å²) in [5, 5.41) is 9.29. The number of hydrogen-bond acceptors (Lipinski definition) is 3. The van der Waals surface area contributed by atoms with Crippen LogP contribution in [0.1, 0.15) is 19.3 Å². The summed E-state index contributed by atoms with van der Waals surface area (Å²) in [4.78, 5) is 24.3. The Balaban J connectivity index is 1.74. The van der Waals surface area contributed by atoms with Gasteiger partial charge >= 0.3 is 5.97 Å². The Morgan fingerprint density at radius 1 is 1.33 bits per heavy atom. The Morgan fingerprint density at radius 2 is 2.05 bits per heavy atom. The average Bonchev–Trinajstić information content (AvgIpc) is 2.93. The summed E-state index contributed by atoms with van der Waals surface area (Å²) in [6, 6.07) is 6.85. The van der Waals surface area contributed by atoms with Crippen molar-refractivity contribution in [1.29, 1.82) is 0 Å². The number of carboxylic acids is 1. The maximum atomic E-state index is 12.0. The molecule has 0 aromatic heterocycles. The van der Waals surface area contributed by atoms with Gasteiger partial charge in [-0.15, -0.1) is 0 Å². The lowest BCUT2D eigenvalue weighted by molar-refractivity contribution is -0.137. The van der Waals surface area contributed by atoms with E-state index in [1.165, 1.54) is 0 Å². The highest BCUT2D eigenvalue weighted by Gasteiger charge is 2.26. The van der Waals surface area contributed by atoms with E-state index in [1.807, 2.05) is 0 Å². The second kappa shape index (κ2) is 7.31. The number of carbonyl (C=O) groups is 2. The molecule has 0 aliphatic carbocycles. The lowest BCUT2D eigenvalue weighted by Gasteiger charge is -2.16. The average molecular weight is 312 g/mol. The highest BCUT2D eigenvalue weighted by Crippen LogP contribution is 2.21. The van der Waals surface area contributed by atoms with Gasteiger partial charge in [0.1, 0.15) is 5.75 Å². The van der Waals surface area contributed by atoms with Gasteiger partial charge in [-0.25, -0.2) is 0 Å². The molecule has 1 saturated heterocycles. The van der Waals surface area contributed by atoms with Crippen LogP contribution in [0.5, 0.6) is 5.75 Å². The minimum atomic E-state index is -0.786. The van der Waals surface area contributed by atoms with Gasteiger partial charge in [0.05, 0.1) is 0 Å². The molecule has 1 aromatic rings. The van der Waals surface area contributed by atoms with Gasteiger partial charge in [-0.2, -0.15) is 0 Å². The fraction of sp³-hybridized carbons (Fsp3) is 0.467. The number of likely N-dealkylation sites (tertiary alicyclic amines) is 1. The van der Waals surface area contributed by atoms with E-state index in [4.69, 9.17) is 21.4 Å². The smallest absolute Gasteiger partial charge is 0.303 e. The lowest BCUT2D eigenvalue weighted by atomic mass is 10.0. The van der Waals surface area contributed by atoms with Crippen molar-refractivity contribution in [3.8, 4) is 5.75 Å². The van der Waals surface area contributed by atoms with Crippen LogP contribution in [0.2, 0.25) is 5.02 Å². The van der Waals surface area contributed by atoms with Gasteiger partial charge in [0.25, 0.3) is 5.91 Å². The summed E-state index contributed by atoms with van der Waals surface area (Å²) < 4.78 is 5.42. The highest BCUT2D eigenvalue weighted by molar-refractivity contribution is 6.30. The zero-order valence-electron chi connectivity index (χ0n) is 11.6. The summed E-state index contributed by atoms with van der Waals surface area (Å²) in [6.07, 6.45) is 1.64. The van der Waals surface area contributed by atoms with Crippen molar-refractivity contribution in [2.24, 2.45) is 5.92 Å². The number of amides is 1. The van der Waals surface area contributed by atoms with Crippen LogP contribution in [0, 0.1) is 5.92 Å². The summed E-state index contributed by atoms with van der Waals surface area (Å²) in [6.45, 7) is 1.29. The summed E-state index contributed by atoms with van der Waals surface area (Å²) >= 11 is 5.77. The van der Waals surface area contributed by atoms with Crippen molar-refractivity contribution in [3.05, 3.63) is 29.3 Å². The largest absolute Gasteiger partial charge is 0.484 e. The minimum Gasteiger partial charge on any atom is -0.484 e. The number of aliphatic carboxylic acids is 1. The highest BCUT2D eigenvalue weighted by atomic mass is 35.5. The van der Waals surface area contributed by atoms with Gasteiger partial charge in [-0.3, -0.25) is 9.59 Å². The molecule has 1 aliphatic heterocycles. The quantitative estimate of drug-likeness (QED) is 0.876. The third kappa shape index (κ3) is 4.93. The van der Waals surface area contributed by atoms with Crippen molar-refractivity contribution < 1.29 is 19.4 Å². The van der Waals surface area contributed by atoms with Crippen LogP contribution in [0.15, 0.2) is 24.3 Å². The maximum absolute atomic E-state index is 12.0. The first-order chi connectivity index (χ1) is 10.0. The summed E-state index contributed by atoms with van der Waals surface area (Å²) in [5.41, 5.74) is 0. The van der Waals surface area contributed by atoms with Crippen LogP contribution in [-0.4, -0.2) is 41.6 Å². The van der Waals surface area contributed by atoms with Crippen LogP contribution in [0.3, 0.4) is 0 Å². The Hall–Kier alpha value is -1.75. The predicted octanol–water partition coefficient (Wildman–Crippen LogP) is 2.43. The van der Waals surface area contributed by atoms with Crippen molar-refractivity contribution in [3.63, 3.8) is 0 Å². The monoisotopic (exact) mass is 311 g/mol. The molecule has 1 fully saturated rings. The van der Waals surface area contributed by atoms with E-state index in [2.05, 4.69) is 0 Å². The molecule has 114 valence electrons. The number of nitrogens with zero attached hydrogens (tertiary/aromatic N) is 1. The Bertz CT molecular complexity index is 503. The van der Waals surface area contributed by atoms with E-state index >= 15 is 0 Å². The molecule has 2 rings (SSSR count). The topological polar surface area (TPSA) is 66.8 Å². The number of ether oxygens (including phenoxy) is 1. The standard InChI is InChI=1S/C15H18ClNO4/c16-12-2-4-13(5-3-12)21-10-14(18)17-8-7-11(9-17)1-6-15(19)20/h2-5,11H,1,6-10H2,(H,19,20). The zero-order valence-corrected chi connectivity index (χ0v) is 12.4. The van der Waals surface area contributed by atoms with Gasteiger partial charge in [-0.1, -0.05) is 11.6 Å². The molecule has 0 saturated carbocycles. The van der Waals surface area contributed by atoms with E-state index in [0.29, 0.717) is 30.3 Å². The van der Waals surface area contributed by atoms with Crippen LogP contribution in [-0.2, 0) is 9.59 Å². The molecule has 21 heavy (non-hydrogen) atoms. The molecule has 1 N–H and O–H groups in total. The third-order valence-electron chi connectivity index (χ3n) is 3.58. The molecule has 5 nitrogen and oxygen atoms in total. The van der Waals surface area contributed by atoms with Gasteiger partial charge in [-0.05, 0) is 43.0 Å². The maximum Gasteiger partial charge on any atom is 0.303 e. The molecule has 1 aliphatic rings. The number of benzene rings is 1. The Morgan fingerprint density at radius 3 is 2.71 bits per heavy atom. The van der Waals surface area contributed by atoms with Crippen molar-refractivity contribution in [1.82, 2.24) is 4.90 Å². The first kappa shape index (κ1) is 15.6. The van der Waals surface area contributed by atoms with Gasteiger partial charge in [0.2, 0.25) is 0 Å². The first-order valence-electron chi connectivity index (χ1n) is 6.92. The molecule has 1 atom stereocenters. The zero-order chi connectivity index (χ0) is 15.2. The molecule has 1 unspecified atom stereocenters. The van der Waals surface area contributed by atoms with Crippen LogP contribution in [0.25, 0.3) is 0 Å². The number of hydrogen-bond donors (Lipinski definition) is 1. The fourth-order valence-electron chi connectivity index (χ4n) is 2.39. The SMILES string of the molecule is O=C(O)CCC1CCN(C(=O)COc2ccc(Cl)cc2)C1. The summed E-state index contributed by atoms with van der Waals surface area (Å²) in [7, 11) is 0. The second-order valence-electron chi connectivity index (χ2n) is 5.17. The van der Waals surface area contributed by atoms with E-state index in [-0.39, 0.29) is 24.9 Å². The number of carboxylic acid groups (broad SMARTS) is 1. The normalized spacial score (nSPS) is 17.8. The van der Waals surface area contributed by atoms with Gasteiger partial charge in [0.15, 0.2) is 6.61 Å². The van der Waals surface area contributed by atoms with Gasteiger partial charge < -0.3 is 14.7 Å². The summed E-state index contributed by atoms with van der Waals surface area (Å²) in [5.74, 6) is 0.0311.